The van der Waals surface area contributed by atoms with Gasteiger partial charge < -0.3 is 5.32 Å². The average Bonchev–Trinajstić information content (AvgIpc) is 2.20. The topological polar surface area (TPSA) is 12.0 Å². The minimum absolute atomic E-state index is 0.700. The highest BCUT2D eigenvalue weighted by Crippen LogP contribution is 2.16. The lowest BCUT2D eigenvalue weighted by molar-refractivity contribution is 0.577. The molecule has 0 saturated heterocycles. The number of nitrogens with one attached hydrogen (secondary N) is 1. The van der Waals surface area contributed by atoms with Crippen LogP contribution in [0, 0.1) is 12.8 Å². The number of hydrogen-bond donors (Lipinski definition) is 1. The minimum Gasteiger partial charge on any atom is -0.313 e. The van der Waals surface area contributed by atoms with Crippen LogP contribution in [-0.2, 0) is 0 Å². The predicted molar refractivity (Wildman–Crippen MR) is 72.9 cm³/mol. The summed E-state index contributed by atoms with van der Waals surface area (Å²) in [4.78, 5) is 0. The molecule has 0 saturated carbocycles. The Morgan fingerprint density at radius 3 is 2.75 bits per heavy atom. The van der Waals surface area contributed by atoms with Gasteiger partial charge in [0.15, 0.2) is 0 Å². The highest BCUT2D eigenvalue weighted by molar-refractivity contribution is 6.30. The second-order valence-corrected chi connectivity index (χ2v) is 4.89. The highest BCUT2D eigenvalue weighted by atomic mass is 35.5. The molecule has 0 fully saturated rings. The molecule has 16 heavy (non-hydrogen) atoms. The third kappa shape index (κ3) is 4.82. The van der Waals surface area contributed by atoms with Crippen LogP contribution in [0.25, 0.3) is 6.08 Å². The Morgan fingerprint density at radius 2 is 2.12 bits per heavy atom. The van der Waals surface area contributed by atoms with Crippen molar-refractivity contribution < 1.29 is 0 Å². The van der Waals surface area contributed by atoms with E-state index in [1.807, 2.05) is 12.1 Å². The Bertz CT molecular complexity index is 356. The summed E-state index contributed by atoms with van der Waals surface area (Å²) in [5.41, 5.74) is 2.45. The molecule has 2 heteroatoms. The summed E-state index contributed by atoms with van der Waals surface area (Å²) in [6.07, 6.45) is 4.29. The summed E-state index contributed by atoms with van der Waals surface area (Å²) in [6, 6.07) is 5.97. The van der Waals surface area contributed by atoms with E-state index in [4.69, 9.17) is 11.6 Å². The van der Waals surface area contributed by atoms with Crippen LogP contribution in [0.5, 0.6) is 0 Å². The zero-order chi connectivity index (χ0) is 12.0. The maximum Gasteiger partial charge on any atom is 0.0409 e. The first-order valence-corrected chi connectivity index (χ1v) is 6.11. The van der Waals surface area contributed by atoms with E-state index in [9.17, 15) is 0 Å². The van der Waals surface area contributed by atoms with Gasteiger partial charge in [0.2, 0.25) is 0 Å². The summed E-state index contributed by atoms with van der Waals surface area (Å²) in [7, 11) is 0. The van der Waals surface area contributed by atoms with Crippen molar-refractivity contribution in [2.45, 2.75) is 20.8 Å². The monoisotopic (exact) mass is 237 g/mol. The normalized spacial score (nSPS) is 11.6. The van der Waals surface area contributed by atoms with Crippen LogP contribution in [0.4, 0.5) is 0 Å². The maximum absolute atomic E-state index is 5.90. The molecule has 0 aliphatic carbocycles. The van der Waals surface area contributed by atoms with Crippen molar-refractivity contribution in [1.82, 2.24) is 5.32 Å². The van der Waals surface area contributed by atoms with E-state index in [2.05, 4.69) is 44.3 Å². The van der Waals surface area contributed by atoms with Crippen molar-refractivity contribution in [1.29, 1.82) is 0 Å². The molecule has 0 aromatic heterocycles. The molecular weight excluding hydrogens is 218 g/mol. The molecule has 1 nitrogen and oxygen atoms in total. The van der Waals surface area contributed by atoms with Crippen molar-refractivity contribution in [3.8, 4) is 0 Å². The SMILES string of the molecule is Cc1cc(Cl)ccc1/C=C/CNCC(C)C. The van der Waals surface area contributed by atoms with Gasteiger partial charge in [-0.05, 0) is 42.6 Å². The van der Waals surface area contributed by atoms with Gasteiger partial charge in [0.1, 0.15) is 0 Å². The molecule has 1 rings (SSSR count). The van der Waals surface area contributed by atoms with E-state index in [-0.39, 0.29) is 0 Å². The van der Waals surface area contributed by atoms with E-state index in [1.54, 1.807) is 0 Å². The molecule has 1 aromatic rings. The zero-order valence-electron chi connectivity index (χ0n) is 10.3. The minimum atomic E-state index is 0.700. The van der Waals surface area contributed by atoms with E-state index in [0.717, 1.165) is 18.1 Å². The molecule has 0 spiro atoms. The van der Waals surface area contributed by atoms with Crippen LogP contribution in [0.15, 0.2) is 24.3 Å². The molecule has 0 bridgehead atoms. The van der Waals surface area contributed by atoms with Crippen molar-refractivity contribution in [2.24, 2.45) is 5.92 Å². The Morgan fingerprint density at radius 1 is 1.38 bits per heavy atom. The Balaban J connectivity index is 2.44. The van der Waals surface area contributed by atoms with Crippen LogP contribution < -0.4 is 5.32 Å². The Kier molecular flexibility index (Phi) is 5.58. The van der Waals surface area contributed by atoms with Crippen molar-refractivity contribution in [3.63, 3.8) is 0 Å². The molecule has 0 aliphatic rings. The van der Waals surface area contributed by atoms with Gasteiger partial charge in [0, 0.05) is 11.6 Å². The van der Waals surface area contributed by atoms with E-state index >= 15 is 0 Å². The standard InChI is InChI=1S/C14H20ClN/c1-11(2)10-16-8-4-5-13-6-7-14(15)9-12(13)3/h4-7,9,11,16H,8,10H2,1-3H3/b5-4+. The van der Waals surface area contributed by atoms with Gasteiger partial charge in [0.05, 0.1) is 0 Å². The lowest BCUT2D eigenvalue weighted by Gasteiger charge is -2.04. The Hall–Kier alpha value is -0.790. The molecule has 88 valence electrons. The fraction of sp³-hybridized carbons (Fsp3) is 0.429. The molecular formula is C14H20ClN. The van der Waals surface area contributed by atoms with E-state index in [0.29, 0.717) is 5.92 Å². The lowest BCUT2D eigenvalue weighted by Crippen LogP contribution is -2.19. The van der Waals surface area contributed by atoms with Crippen molar-refractivity contribution in [3.05, 3.63) is 40.4 Å². The first-order chi connectivity index (χ1) is 7.59. The lowest BCUT2D eigenvalue weighted by atomic mass is 10.1. The van der Waals surface area contributed by atoms with Crippen LogP contribution >= 0.6 is 11.6 Å². The van der Waals surface area contributed by atoms with Gasteiger partial charge >= 0.3 is 0 Å². The smallest absolute Gasteiger partial charge is 0.0409 e. The van der Waals surface area contributed by atoms with Crippen LogP contribution in [0.3, 0.4) is 0 Å². The molecule has 1 aromatic carbocycles. The first-order valence-electron chi connectivity index (χ1n) is 5.73. The van der Waals surface area contributed by atoms with Gasteiger partial charge in [-0.15, -0.1) is 0 Å². The van der Waals surface area contributed by atoms with E-state index < -0.39 is 0 Å². The number of hydrogen-bond acceptors (Lipinski definition) is 1. The fourth-order valence-electron chi connectivity index (χ4n) is 1.47. The van der Waals surface area contributed by atoms with Gasteiger partial charge in [0.25, 0.3) is 0 Å². The summed E-state index contributed by atoms with van der Waals surface area (Å²) in [5.74, 6) is 0.700. The van der Waals surface area contributed by atoms with Crippen molar-refractivity contribution in [2.75, 3.05) is 13.1 Å². The molecule has 0 aliphatic heterocycles. The van der Waals surface area contributed by atoms with Gasteiger partial charge in [-0.25, -0.2) is 0 Å². The number of aryl methyl sites for hydroxylation is 1. The molecule has 0 atom stereocenters. The predicted octanol–water partition coefficient (Wildman–Crippen LogP) is 3.91. The summed E-state index contributed by atoms with van der Waals surface area (Å²) >= 11 is 5.90. The summed E-state index contributed by atoms with van der Waals surface area (Å²) in [5, 5.41) is 4.17. The second kappa shape index (κ2) is 6.72. The van der Waals surface area contributed by atoms with E-state index in [1.165, 1.54) is 11.1 Å². The molecule has 0 amide bonds. The first kappa shape index (κ1) is 13.3. The van der Waals surface area contributed by atoms with Gasteiger partial charge in [-0.3, -0.25) is 0 Å². The molecule has 0 unspecified atom stereocenters. The van der Waals surface area contributed by atoms with Crippen LogP contribution in [0.2, 0.25) is 5.02 Å². The number of halogens is 1. The molecule has 0 heterocycles. The Labute approximate surface area is 104 Å². The number of benzene rings is 1. The van der Waals surface area contributed by atoms with Gasteiger partial charge in [-0.2, -0.15) is 0 Å². The third-order valence-electron chi connectivity index (χ3n) is 2.34. The third-order valence-corrected chi connectivity index (χ3v) is 2.58. The average molecular weight is 238 g/mol. The number of rotatable bonds is 5. The largest absolute Gasteiger partial charge is 0.313 e. The summed E-state index contributed by atoms with van der Waals surface area (Å²) < 4.78 is 0. The van der Waals surface area contributed by atoms with Crippen LogP contribution in [0.1, 0.15) is 25.0 Å². The second-order valence-electron chi connectivity index (χ2n) is 4.46. The fourth-order valence-corrected chi connectivity index (χ4v) is 1.69. The molecule has 0 radical (unpaired) electrons. The van der Waals surface area contributed by atoms with Crippen molar-refractivity contribution >= 4 is 17.7 Å². The van der Waals surface area contributed by atoms with Gasteiger partial charge in [-0.1, -0.05) is 43.7 Å². The zero-order valence-corrected chi connectivity index (χ0v) is 11.0. The highest BCUT2D eigenvalue weighted by Gasteiger charge is 1.95. The quantitative estimate of drug-likeness (QED) is 0.766. The maximum atomic E-state index is 5.90. The van der Waals surface area contributed by atoms with Crippen LogP contribution in [-0.4, -0.2) is 13.1 Å². The summed E-state index contributed by atoms with van der Waals surface area (Å²) in [6.45, 7) is 8.47. The molecule has 1 N–H and O–H groups in total.